The zero-order valence-corrected chi connectivity index (χ0v) is 13.2. The summed E-state index contributed by atoms with van der Waals surface area (Å²) in [6.45, 7) is 12.0. The Morgan fingerprint density at radius 2 is 1.61 bits per heavy atom. The Labute approximate surface area is 116 Å². The molecule has 2 rings (SSSR count). The lowest BCUT2D eigenvalue weighted by Gasteiger charge is -2.08. The minimum atomic E-state index is 0.760. The van der Waals surface area contributed by atoms with Gasteiger partial charge in [0.15, 0.2) is 0 Å². The molecule has 2 aromatic rings. The summed E-state index contributed by atoms with van der Waals surface area (Å²) < 4.78 is 5.18. The van der Waals surface area contributed by atoms with E-state index in [1.807, 2.05) is 11.6 Å². The van der Waals surface area contributed by atoms with E-state index in [1.54, 1.807) is 0 Å². The Balaban J connectivity index is 2.42. The monoisotopic (exact) mass is 310 g/mol. The summed E-state index contributed by atoms with van der Waals surface area (Å²) in [6, 6.07) is 0. The van der Waals surface area contributed by atoms with Gasteiger partial charge in [-0.25, -0.2) is 0 Å². The molecule has 0 spiro atoms. The van der Waals surface area contributed by atoms with Crippen molar-refractivity contribution in [3.8, 4) is 0 Å². The molecule has 0 N–H and O–H groups in total. The van der Waals surface area contributed by atoms with E-state index in [-0.39, 0.29) is 0 Å². The van der Waals surface area contributed by atoms with Gasteiger partial charge in [0.05, 0.1) is 28.1 Å². The lowest BCUT2D eigenvalue weighted by atomic mass is 10.2. The van der Waals surface area contributed by atoms with E-state index < -0.39 is 0 Å². The van der Waals surface area contributed by atoms with Crippen molar-refractivity contribution in [3.63, 3.8) is 0 Å². The van der Waals surface area contributed by atoms with Gasteiger partial charge in [-0.3, -0.25) is 9.36 Å². The Morgan fingerprint density at radius 1 is 1.00 bits per heavy atom. The molecule has 0 unspecified atom stereocenters. The molecule has 4 nitrogen and oxygen atoms in total. The van der Waals surface area contributed by atoms with Crippen LogP contribution in [0, 0.1) is 27.7 Å². The molecule has 2 heterocycles. The summed E-state index contributed by atoms with van der Waals surface area (Å²) in [7, 11) is 0. The van der Waals surface area contributed by atoms with Crippen LogP contribution in [0.2, 0.25) is 0 Å². The normalized spacial score (nSPS) is 11.2. The zero-order valence-electron chi connectivity index (χ0n) is 11.6. The van der Waals surface area contributed by atoms with E-state index >= 15 is 0 Å². The Morgan fingerprint density at radius 3 is 2.11 bits per heavy atom. The van der Waals surface area contributed by atoms with Crippen molar-refractivity contribution in [1.29, 1.82) is 0 Å². The zero-order chi connectivity index (χ0) is 13.4. The minimum Gasteiger partial charge on any atom is -0.267 e. The van der Waals surface area contributed by atoms with E-state index in [0.29, 0.717) is 0 Å². The molecule has 98 valence electrons. The van der Waals surface area contributed by atoms with Crippen LogP contribution in [-0.2, 0) is 13.1 Å². The molecule has 0 bridgehead atoms. The van der Waals surface area contributed by atoms with Crippen LogP contribution in [0.3, 0.4) is 0 Å². The average Bonchev–Trinajstić information content (AvgIpc) is 2.75. The standard InChI is InChI=1S/C13H19BrN4/c1-6-17-12(13(14)10(4)16-17)7-18-11(5)8(2)9(3)15-18/h6-7H2,1-5H3. The van der Waals surface area contributed by atoms with Crippen LogP contribution < -0.4 is 0 Å². The predicted octanol–water partition coefficient (Wildman–Crippen LogP) is 3.14. The summed E-state index contributed by atoms with van der Waals surface area (Å²) in [5.41, 5.74) is 5.81. The van der Waals surface area contributed by atoms with Gasteiger partial charge in [-0.2, -0.15) is 10.2 Å². The van der Waals surface area contributed by atoms with Gasteiger partial charge in [0.25, 0.3) is 0 Å². The highest BCUT2D eigenvalue weighted by atomic mass is 79.9. The van der Waals surface area contributed by atoms with Crippen LogP contribution in [-0.4, -0.2) is 19.6 Å². The fraction of sp³-hybridized carbons (Fsp3) is 0.538. The maximum Gasteiger partial charge on any atom is 0.0843 e. The second-order valence-corrected chi connectivity index (χ2v) is 5.41. The molecule has 0 fully saturated rings. The van der Waals surface area contributed by atoms with Crippen LogP contribution in [0.4, 0.5) is 0 Å². The summed E-state index contributed by atoms with van der Waals surface area (Å²) in [5.74, 6) is 0. The third kappa shape index (κ3) is 2.11. The smallest absolute Gasteiger partial charge is 0.0843 e. The maximum atomic E-state index is 4.59. The fourth-order valence-corrected chi connectivity index (χ4v) is 2.51. The summed E-state index contributed by atoms with van der Waals surface area (Å²) in [6.07, 6.45) is 0. The molecular weight excluding hydrogens is 292 g/mol. The predicted molar refractivity (Wildman–Crippen MR) is 75.9 cm³/mol. The highest BCUT2D eigenvalue weighted by Gasteiger charge is 2.15. The van der Waals surface area contributed by atoms with E-state index in [4.69, 9.17) is 0 Å². The van der Waals surface area contributed by atoms with Gasteiger partial charge in [-0.05, 0) is 56.1 Å². The highest BCUT2D eigenvalue weighted by Crippen LogP contribution is 2.23. The van der Waals surface area contributed by atoms with Crippen molar-refractivity contribution in [3.05, 3.63) is 32.8 Å². The molecule has 0 aliphatic carbocycles. The van der Waals surface area contributed by atoms with Gasteiger partial charge >= 0.3 is 0 Å². The first-order valence-electron chi connectivity index (χ1n) is 6.18. The van der Waals surface area contributed by atoms with Crippen molar-refractivity contribution < 1.29 is 0 Å². The van der Waals surface area contributed by atoms with E-state index in [1.165, 1.54) is 17.0 Å². The van der Waals surface area contributed by atoms with Crippen LogP contribution in [0.5, 0.6) is 0 Å². The molecule has 0 aliphatic heterocycles. The van der Waals surface area contributed by atoms with Gasteiger partial charge in [0, 0.05) is 12.2 Å². The molecule has 0 radical (unpaired) electrons. The maximum absolute atomic E-state index is 4.59. The van der Waals surface area contributed by atoms with Crippen LogP contribution in [0.1, 0.15) is 35.3 Å². The second-order valence-electron chi connectivity index (χ2n) is 4.62. The minimum absolute atomic E-state index is 0.760. The molecular formula is C13H19BrN4. The molecule has 18 heavy (non-hydrogen) atoms. The molecule has 0 aliphatic rings. The van der Waals surface area contributed by atoms with Gasteiger partial charge in [-0.1, -0.05) is 0 Å². The van der Waals surface area contributed by atoms with Crippen molar-refractivity contribution in [2.45, 2.75) is 47.7 Å². The van der Waals surface area contributed by atoms with Crippen LogP contribution in [0.25, 0.3) is 0 Å². The lowest BCUT2D eigenvalue weighted by molar-refractivity contribution is 0.565. The van der Waals surface area contributed by atoms with Crippen molar-refractivity contribution in [2.75, 3.05) is 0 Å². The molecule has 0 amide bonds. The number of hydrogen-bond acceptors (Lipinski definition) is 2. The van der Waals surface area contributed by atoms with Gasteiger partial charge < -0.3 is 0 Å². The van der Waals surface area contributed by atoms with Crippen LogP contribution >= 0.6 is 15.9 Å². The summed E-state index contributed by atoms with van der Waals surface area (Å²) in [4.78, 5) is 0. The largest absolute Gasteiger partial charge is 0.267 e. The second kappa shape index (κ2) is 4.88. The van der Waals surface area contributed by atoms with Crippen molar-refractivity contribution in [2.24, 2.45) is 0 Å². The third-order valence-electron chi connectivity index (χ3n) is 3.50. The number of rotatable bonds is 3. The number of aromatic nitrogens is 4. The molecule has 5 heteroatoms. The van der Waals surface area contributed by atoms with Crippen LogP contribution in [0.15, 0.2) is 4.47 Å². The number of nitrogens with zero attached hydrogens (tertiary/aromatic N) is 4. The quantitative estimate of drug-likeness (QED) is 0.873. The van der Waals surface area contributed by atoms with Gasteiger partial charge in [0.1, 0.15) is 0 Å². The van der Waals surface area contributed by atoms with E-state index in [2.05, 4.69) is 58.5 Å². The van der Waals surface area contributed by atoms with Crippen molar-refractivity contribution in [1.82, 2.24) is 19.6 Å². The first kappa shape index (κ1) is 13.3. The highest BCUT2D eigenvalue weighted by molar-refractivity contribution is 9.10. The van der Waals surface area contributed by atoms with E-state index in [9.17, 15) is 0 Å². The molecule has 0 saturated carbocycles. The fourth-order valence-electron chi connectivity index (χ4n) is 2.10. The van der Waals surface area contributed by atoms with Gasteiger partial charge in [-0.15, -0.1) is 0 Å². The average molecular weight is 311 g/mol. The number of hydrogen-bond donors (Lipinski definition) is 0. The lowest BCUT2D eigenvalue weighted by Crippen LogP contribution is -2.10. The third-order valence-corrected chi connectivity index (χ3v) is 4.53. The Hall–Kier alpha value is -1.10. The molecule has 0 saturated heterocycles. The summed E-state index contributed by atoms with van der Waals surface area (Å²) in [5, 5.41) is 9.10. The summed E-state index contributed by atoms with van der Waals surface area (Å²) >= 11 is 3.62. The first-order valence-corrected chi connectivity index (χ1v) is 6.97. The molecule has 0 aromatic carbocycles. The first-order chi connectivity index (χ1) is 8.45. The molecule has 0 atom stereocenters. The Kier molecular flexibility index (Phi) is 3.61. The topological polar surface area (TPSA) is 35.6 Å². The van der Waals surface area contributed by atoms with Gasteiger partial charge in [0.2, 0.25) is 0 Å². The number of aryl methyl sites for hydroxylation is 3. The SMILES string of the molecule is CCn1nc(C)c(Br)c1Cn1nc(C)c(C)c1C. The number of halogens is 1. The van der Waals surface area contributed by atoms with E-state index in [0.717, 1.165) is 29.0 Å². The Bertz CT molecular complexity index is 580. The van der Waals surface area contributed by atoms with Crippen molar-refractivity contribution >= 4 is 15.9 Å². The molecule has 2 aromatic heterocycles.